The van der Waals surface area contributed by atoms with Crippen LogP contribution in [0.25, 0.3) is 0 Å². The van der Waals surface area contributed by atoms with E-state index in [-0.39, 0.29) is 30.7 Å². The Kier molecular flexibility index (Phi) is 6.01. The van der Waals surface area contributed by atoms with E-state index in [1.807, 2.05) is 12.1 Å². The van der Waals surface area contributed by atoms with Gasteiger partial charge in [0.25, 0.3) is 0 Å². The Hall–Kier alpha value is -3.55. The van der Waals surface area contributed by atoms with Crippen LogP contribution in [0.2, 0.25) is 0 Å². The van der Waals surface area contributed by atoms with Gasteiger partial charge in [0.2, 0.25) is 17.7 Å². The van der Waals surface area contributed by atoms with Crippen molar-refractivity contribution >= 4 is 34.8 Å². The molecule has 152 valence electrons. The van der Waals surface area contributed by atoms with Gasteiger partial charge in [0.05, 0.1) is 31.5 Å². The third-order valence-corrected chi connectivity index (χ3v) is 4.65. The average Bonchev–Trinajstić information content (AvgIpc) is 3.09. The van der Waals surface area contributed by atoms with E-state index in [0.717, 1.165) is 0 Å². The van der Waals surface area contributed by atoms with Crippen LogP contribution in [0.15, 0.2) is 42.5 Å². The summed E-state index contributed by atoms with van der Waals surface area (Å²) in [6, 6.07) is 12.1. The Labute approximate surface area is 168 Å². The number of nitrogens with zero attached hydrogens (tertiary/aromatic N) is 1. The zero-order valence-corrected chi connectivity index (χ0v) is 16.5. The van der Waals surface area contributed by atoms with Crippen LogP contribution in [0.5, 0.6) is 11.5 Å². The van der Waals surface area contributed by atoms with E-state index in [9.17, 15) is 14.4 Å². The summed E-state index contributed by atoms with van der Waals surface area (Å²) in [6.45, 7) is 1.65. The Balaban J connectivity index is 1.76. The van der Waals surface area contributed by atoms with Crippen molar-refractivity contribution in [3.8, 4) is 11.5 Å². The van der Waals surface area contributed by atoms with Crippen molar-refractivity contribution in [2.24, 2.45) is 5.92 Å². The lowest BCUT2D eigenvalue weighted by atomic mass is 10.1. The van der Waals surface area contributed by atoms with E-state index in [1.54, 1.807) is 35.2 Å². The average molecular weight is 397 g/mol. The molecule has 8 heteroatoms. The van der Waals surface area contributed by atoms with Crippen molar-refractivity contribution in [2.45, 2.75) is 13.3 Å². The number of para-hydroxylation sites is 2. The minimum absolute atomic E-state index is 0.0948. The fourth-order valence-corrected chi connectivity index (χ4v) is 3.29. The summed E-state index contributed by atoms with van der Waals surface area (Å²) in [5.41, 5.74) is 1.60. The number of amides is 3. The van der Waals surface area contributed by atoms with Gasteiger partial charge in [0, 0.05) is 25.6 Å². The molecule has 1 heterocycles. The predicted octanol–water partition coefficient (Wildman–Crippen LogP) is 2.65. The number of nitrogens with one attached hydrogen (secondary N) is 2. The molecular weight excluding hydrogens is 374 g/mol. The number of rotatable bonds is 6. The van der Waals surface area contributed by atoms with Gasteiger partial charge < -0.3 is 25.0 Å². The zero-order valence-electron chi connectivity index (χ0n) is 16.5. The lowest BCUT2D eigenvalue weighted by Gasteiger charge is -2.19. The molecule has 0 aliphatic carbocycles. The first-order valence-electron chi connectivity index (χ1n) is 9.12. The third kappa shape index (κ3) is 4.48. The first-order valence-corrected chi connectivity index (χ1v) is 9.12. The van der Waals surface area contributed by atoms with Crippen LogP contribution in [0.1, 0.15) is 13.3 Å². The molecule has 3 rings (SSSR count). The van der Waals surface area contributed by atoms with Crippen LogP contribution >= 0.6 is 0 Å². The molecule has 29 heavy (non-hydrogen) atoms. The molecule has 2 aromatic carbocycles. The van der Waals surface area contributed by atoms with E-state index >= 15 is 0 Å². The Morgan fingerprint density at radius 2 is 1.76 bits per heavy atom. The van der Waals surface area contributed by atoms with Crippen LogP contribution in [0.3, 0.4) is 0 Å². The number of anilines is 3. The van der Waals surface area contributed by atoms with E-state index in [4.69, 9.17) is 9.47 Å². The SMILES string of the molecule is COc1ccc(NC(C)=O)cc1NC(=O)[C@@H]1CC(=O)N(c2ccccc2OC)C1. The summed E-state index contributed by atoms with van der Waals surface area (Å²) in [4.78, 5) is 38.2. The fourth-order valence-electron chi connectivity index (χ4n) is 3.29. The molecule has 1 fully saturated rings. The molecule has 2 aromatic rings. The predicted molar refractivity (Wildman–Crippen MR) is 109 cm³/mol. The van der Waals surface area contributed by atoms with Crippen LogP contribution in [0, 0.1) is 5.92 Å². The Morgan fingerprint density at radius 3 is 2.45 bits per heavy atom. The van der Waals surface area contributed by atoms with Gasteiger partial charge in [-0.15, -0.1) is 0 Å². The maximum absolute atomic E-state index is 12.8. The molecular formula is C21H23N3O5. The van der Waals surface area contributed by atoms with Crippen molar-refractivity contribution in [1.29, 1.82) is 0 Å². The number of hydrogen-bond donors (Lipinski definition) is 2. The van der Waals surface area contributed by atoms with Gasteiger partial charge >= 0.3 is 0 Å². The minimum Gasteiger partial charge on any atom is -0.495 e. The summed E-state index contributed by atoms with van der Waals surface area (Å²) in [6.07, 6.45) is 0.0948. The lowest BCUT2D eigenvalue weighted by molar-refractivity contribution is -0.122. The quantitative estimate of drug-likeness (QED) is 0.781. The van der Waals surface area contributed by atoms with Crippen LogP contribution in [-0.2, 0) is 14.4 Å². The highest BCUT2D eigenvalue weighted by Gasteiger charge is 2.36. The number of ether oxygens (including phenoxy) is 2. The van der Waals surface area contributed by atoms with E-state index in [2.05, 4.69) is 10.6 Å². The van der Waals surface area contributed by atoms with E-state index in [1.165, 1.54) is 21.1 Å². The molecule has 3 amide bonds. The van der Waals surface area contributed by atoms with Gasteiger partial charge in [0.1, 0.15) is 11.5 Å². The van der Waals surface area contributed by atoms with Crippen LogP contribution in [0.4, 0.5) is 17.1 Å². The summed E-state index contributed by atoms with van der Waals surface area (Å²) in [5.74, 6) is -0.157. The van der Waals surface area contributed by atoms with Crippen molar-refractivity contribution in [3.63, 3.8) is 0 Å². The highest BCUT2D eigenvalue weighted by Crippen LogP contribution is 2.34. The number of hydrogen-bond acceptors (Lipinski definition) is 5. The van der Waals surface area contributed by atoms with Crippen LogP contribution in [-0.4, -0.2) is 38.5 Å². The minimum atomic E-state index is -0.526. The first-order chi connectivity index (χ1) is 13.9. The Morgan fingerprint density at radius 1 is 1.03 bits per heavy atom. The highest BCUT2D eigenvalue weighted by molar-refractivity contribution is 6.04. The normalized spacial score (nSPS) is 15.8. The van der Waals surface area contributed by atoms with Crippen LogP contribution < -0.4 is 25.0 Å². The standard InChI is InChI=1S/C21H23N3O5/c1-13(25)22-15-8-9-18(28-2)16(11-15)23-21(27)14-10-20(26)24(12-14)17-6-4-5-7-19(17)29-3/h4-9,11,14H,10,12H2,1-3H3,(H,22,25)(H,23,27)/t14-/m1/s1. The second kappa shape index (κ2) is 8.64. The van der Waals surface area contributed by atoms with Crippen molar-refractivity contribution in [2.75, 3.05) is 36.3 Å². The summed E-state index contributed by atoms with van der Waals surface area (Å²) >= 11 is 0. The second-order valence-corrected chi connectivity index (χ2v) is 6.66. The molecule has 1 aliphatic heterocycles. The molecule has 2 N–H and O–H groups in total. The van der Waals surface area contributed by atoms with Gasteiger partial charge in [-0.25, -0.2) is 0 Å². The molecule has 0 aromatic heterocycles. The molecule has 0 saturated carbocycles. The maximum atomic E-state index is 12.8. The third-order valence-electron chi connectivity index (χ3n) is 4.65. The van der Waals surface area contributed by atoms with E-state index < -0.39 is 5.92 Å². The van der Waals surface area contributed by atoms with Crippen molar-refractivity contribution in [3.05, 3.63) is 42.5 Å². The number of methoxy groups -OCH3 is 2. The van der Waals surface area contributed by atoms with Gasteiger partial charge in [-0.1, -0.05) is 12.1 Å². The maximum Gasteiger partial charge on any atom is 0.229 e. The van der Waals surface area contributed by atoms with Crippen molar-refractivity contribution < 1.29 is 23.9 Å². The van der Waals surface area contributed by atoms with Gasteiger partial charge in [-0.3, -0.25) is 14.4 Å². The van der Waals surface area contributed by atoms with Crippen molar-refractivity contribution in [1.82, 2.24) is 0 Å². The summed E-state index contributed by atoms with van der Waals surface area (Å²) < 4.78 is 10.6. The summed E-state index contributed by atoms with van der Waals surface area (Å²) in [7, 11) is 3.03. The highest BCUT2D eigenvalue weighted by atomic mass is 16.5. The molecule has 0 radical (unpaired) electrons. The number of carbonyl (C=O) groups is 3. The van der Waals surface area contributed by atoms with E-state index in [0.29, 0.717) is 28.6 Å². The molecule has 1 atom stereocenters. The van der Waals surface area contributed by atoms with Gasteiger partial charge in [-0.2, -0.15) is 0 Å². The topological polar surface area (TPSA) is 97.0 Å². The van der Waals surface area contributed by atoms with Gasteiger partial charge in [0.15, 0.2) is 0 Å². The smallest absolute Gasteiger partial charge is 0.229 e. The monoisotopic (exact) mass is 397 g/mol. The summed E-state index contributed by atoms with van der Waals surface area (Å²) in [5, 5.41) is 5.48. The molecule has 1 saturated heterocycles. The number of carbonyl (C=O) groups excluding carboxylic acids is 3. The lowest BCUT2D eigenvalue weighted by Crippen LogP contribution is -2.28. The molecule has 0 unspecified atom stereocenters. The molecule has 0 spiro atoms. The molecule has 1 aliphatic rings. The largest absolute Gasteiger partial charge is 0.495 e. The second-order valence-electron chi connectivity index (χ2n) is 6.66. The van der Waals surface area contributed by atoms with Gasteiger partial charge in [-0.05, 0) is 30.3 Å². The zero-order chi connectivity index (χ0) is 21.0. The molecule has 0 bridgehead atoms. The fraction of sp³-hybridized carbons (Fsp3) is 0.286. The number of benzene rings is 2. The Bertz CT molecular complexity index is 944. The first kappa shape index (κ1) is 20.2. The molecule has 8 nitrogen and oxygen atoms in total.